The van der Waals surface area contributed by atoms with Crippen molar-refractivity contribution in [2.45, 2.75) is 18.4 Å². The Kier molecular flexibility index (Phi) is 7.14. The van der Waals surface area contributed by atoms with Crippen molar-refractivity contribution >= 4 is 15.9 Å². The molecule has 0 spiro atoms. The molecular weight excluding hydrogens is 356 g/mol. The number of sulfonamides is 1. The molecule has 0 aliphatic heterocycles. The predicted molar refractivity (Wildman–Crippen MR) is 97.4 cm³/mol. The monoisotopic (exact) mass is 378 g/mol. The van der Waals surface area contributed by atoms with Crippen molar-refractivity contribution in [2.24, 2.45) is 5.14 Å². The fourth-order valence-electron chi connectivity index (χ4n) is 2.15. The SMILES string of the molecule is CCOCCOc1ccc(C(=O)NCc2ccc(S(N)(=O)=O)cc2)cc1. The van der Waals surface area contributed by atoms with Gasteiger partial charge >= 0.3 is 0 Å². The molecule has 0 aliphatic rings. The summed E-state index contributed by atoms with van der Waals surface area (Å²) in [6, 6.07) is 12.8. The number of primary sulfonamides is 1. The van der Waals surface area contributed by atoms with Gasteiger partial charge in [-0.3, -0.25) is 4.79 Å². The minimum absolute atomic E-state index is 0.0347. The van der Waals surface area contributed by atoms with Crippen LogP contribution in [0.5, 0.6) is 5.75 Å². The lowest BCUT2D eigenvalue weighted by atomic mass is 10.2. The van der Waals surface area contributed by atoms with E-state index >= 15 is 0 Å². The molecular formula is C18H22N2O5S. The van der Waals surface area contributed by atoms with Crippen LogP contribution < -0.4 is 15.2 Å². The molecule has 0 aromatic heterocycles. The number of nitrogens with two attached hydrogens (primary N) is 1. The molecule has 0 bridgehead atoms. The lowest BCUT2D eigenvalue weighted by molar-refractivity contribution is 0.0950. The molecule has 0 unspecified atom stereocenters. The van der Waals surface area contributed by atoms with Gasteiger partial charge in [0.25, 0.3) is 5.91 Å². The van der Waals surface area contributed by atoms with Gasteiger partial charge in [0.2, 0.25) is 10.0 Å². The Hall–Kier alpha value is -2.42. The second-order valence-corrected chi connectivity index (χ2v) is 7.00. The van der Waals surface area contributed by atoms with E-state index < -0.39 is 10.0 Å². The number of carbonyl (C=O) groups is 1. The van der Waals surface area contributed by atoms with E-state index in [9.17, 15) is 13.2 Å². The number of amides is 1. The van der Waals surface area contributed by atoms with Crippen LogP contribution in [0.2, 0.25) is 0 Å². The van der Waals surface area contributed by atoms with Crippen molar-refractivity contribution in [3.8, 4) is 5.75 Å². The smallest absolute Gasteiger partial charge is 0.251 e. The van der Waals surface area contributed by atoms with Crippen LogP contribution in [-0.4, -0.2) is 34.1 Å². The molecule has 3 N–H and O–H groups in total. The number of carbonyl (C=O) groups excluding carboxylic acids is 1. The van der Waals surface area contributed by atoms with Gasteiger partial charge in [-0.15, -0.1) is 0 Å². The summed E-state index contributed by atoms with van der Waals surface area (Å²) >= 11 is 0. The molecule has 2 aromatic carbocycles. The summed E-state index contributed by atoms with van der Waals surface area (Å²) in [7, 11) is -3.72. The molecule has 7 nitrogen and oxygen atoms in total. The highest BCUT2D eigenvalue weighted by atomic mass is 32.2. The minimum Gasteiger partial charge on any atom is -0.491 e. The molecule has 0 aliphatic carbocycles. The number of benzene rings is 2. The maximum Gasteiger partial charge on any atom is 0.251 e. The first-order valence-corrected chi connectivity index (χ1v) is 9.65. The third-order valence-electron chi connectivity index (χ3n) is 3.52. The standard InChI is InChI=1S/C18H22N2O5S/c1-2-24-11-12-25-16-7-5-15(6-8-16)18(21)20-13-14-3-9-17(10-4-14)26(19,22)23/h3-10H,2,11-13H2,1H3,(H,20,21)(H2,19,22,23). The van der Waals surface area contributed by atoms with E-state index in [1.165, 1.54) is 12.1 Å². The first-order chi connectivity index (χ1) is 12.4. The van der Waals surface area contributed by atoms with Gasteiger partial charge in [-0.25, -0.2) is 13.6 Å². The average Bonchev–Trinajstić information content (AvgIpc) is 2.63. The molecule has 0 fully saturated rings. The van der Waals surface area contributed by atoms with Crippen LogP contribution in [0.1, 0.15) is 22.8 Å². The zero-order valence-corrected chi connectivity index (χ0v) is 15.3. The van der Waals surface area contributed by atoms with Crippen LogP contribution in [0.3, 0.4) is 0 Å². The summed E-state index contributed by atoms with van der Waals surface area (Å²) < 4.78 is 33.1. The lowest BCUT2D eigenvalue weighted by Gasteiger charge is -2.08. The van der Waals surface area contributed by atoms with Crippen LogP contribution >= 0.6 is 0 Å². The van der Waals surface area contributed by atoms with Gasteiger partial charge in [0.15, 0.2) is 0 Å². The number of ether oxygens (including phenoxy) is 2. The molecule has 0 heterocycles. The van der Waals surface area contributed by atoms with Crippen LogP contribution in [0.4, 0.5) is 0 Å². The molecule has 8 heteroatoms. The first-order valence-electron chi connectivity index (χ1n) is 8.10. The summed E-state index contributed by atoms with van der Waals surface area (Å²) in [5.74, 6) is 0.432. The van der Waals surface area contributed by atoms with Gasteiger partial charge in [-0.05, 0) is 48.9 Å². The Morgan fingerprint density at radius 2 is 1.69 bits per heavy atom. The number of hydrogen-bond donors (Lipinski definition) is 2. The van der Waals surface area contributed by atoms with Crippen molar-refractivity contribution in [1.29, 1.82) is 0 Å². The van der Waals surface area contributed by atoms with Crippen molar-refractivity contribution in [1.82, 2.24) is 5.32 Å². The van der Waals surface area contributed by atoms with Gasteiger partial charge in [0, 0.05) is 18.7 Å². The van der Waals surface area contributed by atoms with Crippen molar-refractivity contribution in [3.63, 3.8) is 0 Å². The molecule has 140 valence electrons. The number of rotatable bonds is 9. The van der Waals surface area contributed by atoms with Crippen LogP contribution in [0.15, 0.2) is 53.4 Å². The highest BCUT2D eigenvalue weighted by molar-refractivity contribution is 7.89. The largest absolute Gasteiger partial charge is 0.491 e. The number of hydrogen-bond acceptors (Lipinski definition) is 5. The second-order valence-electron chi connectivity index (χ2n) is 5.44. The Labute approximate surface area is 153 Å². The van der Waals surface area contributed by atoms with Crippen LogP contribution in [0.25, 0.3) is 0 Å². The second kappa shape index (κ2) is 9.33. The maximum atomic E-state index is 12.2. The van der Waals surface area contributed by atoms with E-state index in [0.29, 0.717) is 31.1 Å². The summed E-state index contributed by atoms with van der Waals surface area (Å²) in [4.78, 5) is 12.2. The van der Waals surface area contributed by atoms with Gasteiger partial charge in [0.1, 0.15) is 12.4 Å². The molecule has 1 amide bonds. The highest BCUT2D eigenvalue weighted by Crippen LogP contribution is 2.13. The summed E-state index contributed by atoms with van der Waals surface area (Å²) in [6.07, 6.45) is 0. The Morgan fingerprint density at radius 1 is 1.04 bits per heavy atom. The zero-order valence-electron chi connectivity index (χ0n) is 14.5. The minimum atomic E-state index is -3.72. The molecule has 0 radical (unpaired) electrons. The quantitative estimate of drug-likeness (QED) is 0.646. The van der Waals surface area contributed by atoms with Crippen LogP contribution in [-0.2, 0) is 21.3 Å². The van der Waals surface area contributed by atoms with Crippen molar-refractivity contribution in [3.05, 3.63) is 59.7 Å². The summed E-state index contributed by atoms with van der Waals surface area (Å²) in [6.45, 7) is 3.81. The molecule has 26 heavy (non-hydrogen) atoms. The maximum absolute atomic E-state index is 12.2. The molecule has 0 saturated heterocycles. The summed E-state index contributed by atoms with van der Waals surface area (Å²) in [5, 5.41) is 7.82. The third-order valence-corrected chi connectivity index (χ3v) is 4.45. The fourth-order valence-corrected chi connectivity index (χ4v) is 2.66. The number of nitrogens with one attached hydrogen (secondary N) is 1. The van der Waals surface area contributed by atoms with Crippen molar-refractivity contribution < 1.29 is 22.7 Å². The van der Waals surface area contributed by atoms with E-state index in [2.05, 4.69) is 5.32 Å². The Morgan fingerprint density at radius 3 is 2.27 bits per heavy atom. The van der Waals surface area contributed by atoms with E-state index in [4.69, 9.17) is 14.6 Å². The van der Waals surface area contributed by atoms with Gasteiger partial charge < -0.3 is 14.8 Å². The van der Waals surface area contributed by atoms with Crippen LogP contribution in [0, 0.1) is 0 Å². The molecule has 0 saturated carbocycles. The Balaban J connectivity index is 1.85. The van der Waals surface area contributed by atoms with Gasteiger partial charge in [0.05, 0.1) is 11.5 Å². The highest BCUT2D eigenvalue weighted by Gasteiger charge is 2.08. The summed E-state index contributed by atoms with van der Waals surface area (Å²) in [5.41, 5.74) is 1.27. The topological polar surface area (TPSA) is 108 Å². The third kappa shape index (κ3) is 6.14. The average molecular weight is 378 g/mol. The Bertz CT molecular complexity index is 818. The molecule has 2 aromatic rings. The van der Waals surface area contributed by atoms with E-state index in [-0.39, 0.29) is 17.3 Å². The van der Waals surface area contributed by atoms with Gasteiger partial charge in [-0.2, -0.15) is 0 Å². The van der Waals surface area contributed by atoms with E-state index in [0.717, 1.165) is 5.56 Å². The van der Waals surface area contributed by atoms with E-state index in [1.54, 1.807) is 36.4 Å². The van der Waals surface area contributed by atoms with E-state index in [1.807, 2.05) is 6.92 Å². The fraction of sp³-hybridized carbons (Fsp3) is 0.278. The normalized spacial score (nSPS) is 11.2. The zero-order chi connectivity index (χ0) is 19.0. The lowest BCUT2D eigenvalue weighted by Crippen LogP contribution is -2.22. The van der Waals surface area contributed by atoms with Crippen molar-refractivity contribution in [2.75, 3.05) is 19.8 Å². The first kappa shape index (κ1) is 19.9. The molecule has 0 atom stereocenters. The van der Waals surface area contributed by atoms with Gasteiger partial charge in [-0.1, -0.05) is 12.1 Å². The predicted octanol–water partition coefficient (Wildman–Crippen LogP) is 1.68. The molecule has 2 rings (SSSR count).